The SMILES string of the molecule is CNc1c(C(=O)c2cc3cc(C)ccc3[nH]2)cnn1-c1cnc(Oc2c(F)cccc2F)cc1C. The van der Waals surface area contributed by atoms with Crippen molar-refractivity contribution in [3.63, 3.8) is 0 Å². The van der Waals surface area contributed by atoms with E-state index in [0.29, 0.717) is 28.3 Å². The number of ether oxygens (including phenoxy) is 1. The summed E-state index contributed by atoms with van der Waals surface area (Å²) in [7, 11) is 1.69. The average molecular weight is 473 g/mol. The highest BCUT2D eigenvalue weighted by molar-refractivity contribution is 6.12. The number of carbonyl (C=O) groups excluding carboxylic acids is 1. The van der Waals surface area contributed by atoms with E-state index in [9.17, 15) is 13.6 Å². The van der Waals surface area contributed by atoms with E-state index in [0.717, 1.165) is 28.6 Å². The van der Waals surface area contributed by atoms with Crippen molar-refractivity contribution in [2.75, 3.05) is 12.4 Å². The minimum Gasteiger partial charge on any atom is -0.433 e. The van der Waals surface area contributed by atoms with Crippen LogP contribution in [0.25, 0.3) is 16.6 Å². The molecule has 0 aliphatic heterocycles. The van der Waals surface area contributed by atoms with Crippen LogP contribution in [0.2, 0.25) is 0 Å². The zero-order chi connectivity index (χ0) is 24.7. The molecule has 2 N–H and O–H groups in total. The third-order valence-corrected chi connectivity index (χ3v) is 5.68. The summed E-state index contributed by atoms with van der Waals surface area (Å²) in [5.74, 6) is -1.89. The quantitative estimate of drug-likeness (QED) is 0.309. The lowest BCUT2D eigenvalue weighted by Crippen LogP contribution is -2.09. The van der Waals surface area contributed by atoms with Gasteiger partial charge in [0.2, 0.25) is 17.4 Å². The molecule has 0 unspecified atom stereocenters. The molecule has 0 fully saturated rings. The molecule has 3 heterocycles. The second-order valence-electron chi connectivity index (χ2n) is 8.13. The van der Waals surface area contributed by atoms with Gasteiger partial charge in [-0.15, -0.1) is 0 Å². The largest absolute Gasteiger partial charge is 0.433 e. The Morgan fingerprint density at radius 2 is 1.83 bits per heavy atom. The number of halogens is 2. The fraction of sp³-hybridized carbons (Fsp3) is 0.115. The van der Waals surface area contributed by atoms with Crippen LogP contribution in [0.1, 0.15) is 27.2 Å². The molecule has 0 spiro atoms. The number of H-pyrrole nitrogens is 1. The summed E-state index contributed by atoms with van der Waals surface area (Å²) in [6.07, 6.45) is 2.96. The first-order chi connectivity index (χ1) is 16.9. The number of rotatable bonds is 6. The molecule has 0 radical (unpaired) electrons. The topological polar surface area (TPSA) is 84.8 Å². The molecule has 7 nitrogen and oxygen atoms in total. The molecule has 0 saturated carbocycles. The molecule has 0 atom stereocenters. The van der Waals surface area contributed by atoms with Gasteiger partial charge in [-0.2, -0.15) is 5.10 Å². The molecular formula is C26H21F2N5O2. The van der Waals surface area contributed by atoms with Crippen molar-refractivity contribution in [2.24, 2.45) is 0 Å². The van der Waals surface area contributed by atoms with Crippen LogP contribution in [-0.2, 0) is 0 Å². The minimum atomic E-state index is -0.826. The number of aromatic nitrogens is 4. The number of para-hydroxylation sites is 1. The highest BCUT2D eigenvalue weighted by Crippen LogP contribution is 2.30. The zero-order valence-corrected chi connectivity index (χ0v) is 19.2. The molecule has 176 valence electrons. The predicted molar refractivity (Wildman–Crippen MR) is 129 cm³/mol. The van der Waals surface area contributed by atoms with Crippen LogP contribution in [0, 0.1) is 25.5 Å². The lowest BCUT2D eigenvalue weighted by atomic mass is 10.1. The van der Waals surface area contributed by atoms with Gasteiger partial charge < -0.3 is 15.0 Å². The second-order valence-corrected chi connectivity index (χ2v) is 8.13. The van der Waals surface area contributed by atoms with Crippen molar-refractivity contribution >= 4 is 22.5 Å². The summed E-state index contributed by atoms with van der Waals surface area (Å²) >= 11 is 0. The van der Waals surface area contributed by atoms with Crippen molar-refractivity contribution < 1.29 is 18.3 Å². The Kier molecular flexibility index (Phi) is 5.52. The van der Waals surface area contributed by atoms with E-state index in [1.807, 2.05) is 31.2 Å². The molecule has 5 aromatic rings. The van der Waals surface area contributed by atoms with Crippen molar-refractivity contribution in [3.05, 3.63) is 94.9 Å². The molecule has 0 saturated heterocycles. The Labute approximate surface area is 199 Å². The molecule has 2 aromatic carbocycles. The fourth-order valence-corrected chi connectivity index (χ4v) is 3.94. The van der Waals surface area contributed by atoms with Gasteiger partial charge in [-0.3, -0.25) is 4.79 Å². The number of nitrogens with zero attached hydrogens (tertiary/aromatic N) is 3. The lowest BCUT2D eigenvalue weighted by molar-refractivity contribution is 0.103. The highest BCUT2D eigenvalue weighted by Gasteiger charge is 2.22. The van der Waals surface area contributed by atoms with Gasteiger partial charge >= 0.3 is 0 Å². The number of nitrogens with one attached hydrogen (secondary N) is 2. The number of benzene rings is 2. The van der Waals surface area contributed by atoms with Crippen molar-refractivity contribution in [3.8, 4) is 17.3 Å². The van der Waals surface area contributed by atoms with Crippen LogP contribution in [0.4, 0.5) is 14.6 Å². The van der Waals surface area contributed by atoms with Crippen LogP contribution in [0.5, 0.6) is 11.6 Å². The van der Waals surface area contributed by atoms with E-state index in [4.69, 9.17) is 4.74 Å². The van der Waals surface area contributed by atoms with E-state index in [-0.39, 0.29) is 11.7 Å². The van der Waals surface area contributed by atoms with Crippen LogP contribution in [0.3, 0.4) is 0 Å². The van der Waals surface area contributed by atoms with Crippen LogP contribution in [0.15, 0.2) is 60.9 Å². The molecule has 9 heteroatoms. The third kappa shape index (κ3) is 4.01. The summed E-state index contributed by atoms with van der Waals surface area (Å²) in [6, 6.07) is 12.8. The average Bonchev–Trinajstić information content (AvgIpc) is 3.45. The number of ketones is 1. The number of anilines is 1. The number of fused-ring (bicyclic) bond motifs is 1. The summed E-state index contributed by atoms with van der Waals surface area (Å²) in [5.41, 5.74) is 4.05. The summed E-state index contributed by atoms with van der Waals surface area (Å²) < 4.78 is 34.8. The highest BCUT2D eigenvalue weighted by atomic mass is 19.1. The van der Waals surface area contributed by atoms with Gasteiger partial charge in [0.1, 0.15) is 5.82 Å². The molecule has 0 amide bonds. The molecular weight excluding hydrogens is 452 g/mol. The van der Waals surface area contributed by atoms with Gasteiger partial charge in [-0.25, -0.2) is 18.4 Å². The van der Waals surface area contributed by atoms with Crippen LogP contribution in [-0.4, -0.2) is 32.6 Å². The normalized spacial score (nSPS) is 11.1. The Hall–Kier alpha value is -4.53. The van der Waals surface area contributed by atoms with Crippen molar-refractivity contribution in [2.45, 2.75) is 13.8 Å². The van der Waals surface area contributed by atoms with Crippen molar-refractivity contribution in [1.82, 2.24) is 19.7 Å². The van der Waals surface area contributed by atoms with Crippen molar-refractivity contribution in [1.29, 1.82) is 0 Å². The molecule has 35 heavy (non-hydrogen) atoms. The van der Waals surface area contributed by atoms with Gasteiger partial charge in [-0.05, 0) is 49.7 Å². The smallest absolute Gasteiger partial charge is 0.219 e. The number of hydrogen-bond donors (Lipinski definition) is 2. The molecule has 3 aromatic heterocycles. The number of pyridine rings is 1. The minimum absolute atomic E-state index is 0.0260. The summed E-state index contributed by atoms with van der Waals surface area (Å²) in [5, 5.41) is 8.39. The van der Waals surface area contributed by atoms with Crippen LogP contribution < -0.4 is 10.1 Å². The van der Waals surface area contributed by atoms with Gasteiger partial charge in [0.05, 0.1) is 29.3 Å². The van der Waals surface area contributed by atoms with E-state index >= 15 is 0 Å². The first kappa shape index (κ1) is 22.3. The number of carbonyl (C=O) groups is 1. The maximum absolute atomic E-state index is 13.9. The number of aryl methyl sites for hydroxylation is 2. The maximum Gasteiger partial charge on any atom is 0.219 e. The van der Waals surface area contributed by atoms with E-state index < -0.39 is 17.4 Å². The van der Waals surface area contributed by atoms with E-state index in [2.05, 4.69) is 20.4 Å². The Morgan fingerprint density at radius 1 is 1.06 bits per heavy atom. The van der Waals surface area contributed by atoms with Crippen LogP contribution >= 0.6 is 0 Å². The van der Waals surface area contributed by atoms with Gasteiger partial charge in [0.25, 0.3) is 0 Å². The fourth-order valence-electron chi connectivity index (χ4n) is 3.94. The Balaban J connectivity index is 1.48. The first-order valence-corrected chi connectivity index (χ1v) is 10.8. The predicted octanol–water partition coefficient (Wildman–Crippen LogP) is 5.71. The summed E-state index contributed by atoms with van der Waals surface area (Å²) in [6.45, 7) is 3.78. The van der Waals surface area contributed by atoms with Gasteiger partial charge in [0.15, 0.2) is 11.6 Å². The number of hydrogen-bond acceptors (Lipinski definition) is 5. The van der Waals surface area contributed by atoms with E-state index in [1.54, 1.807) is 24.7 Å². The molecule has 5 rings (SSSR count). The third-order valence-electron chi connectivity index (χ3n) is 5.68. The lowest BCUT2D eigenvalue weighted by Gasteiger charge is -2.12. The number of aromatic amines is 1. The zero-order valence-electron chi connectivity index (χ0n) is 19.2. The molecule has 0 aliphatic rings. The van der Waals surface area contributed by atoms with Gasteiger partial charge in [0, 0.05) is 24.0 Å². The summed E-state index contributed by atoms with van der Waals surface area (Å²) in [4.78, 5) is 20.7. The van der Waals surface area contributed by atoms with E-state index in [1.165, 1.54) is 18.5 Å². The monoisotopic (exact) mass is 473 g/mol. The molecule has 0 bridgehead atoms. The Bertz CT molecular complexity index is 1570. The maximum atomic E-state index is 13.9. The van der Waals surface area contributed by atoms with Gasteiger partial charge in [-0.1, -0.05) is 17.7 Å². The second kappa shape index (κ2) is 8.68. The molecule has 0 aliphatic carbocycles. The standard InChI is InChI=1S/C26H21F2N5O2/c1-14-7-8-20-16(9-14)11-21(32-20)24(34)17-12-31-33(26(17)29-3)22-13-30-23(10-15(22)2)35-25-18(27)5-4-6-19(25)28/h4-13,29,32H,1-3H3. The first-order valence-electron chi connectivity index (χ1n) is 10.8. The Morgan fingerprint density at radius 3 is 2.54 bits per heavy atom.